The quantitative estimate of drug-likeness (QED) is 0.341. The van der Waals surface area contributed by atoms with Gasteiger partial charge in [0.05, 0.1) is 12.6 Å². The molecular formula is C24H34IN5OS. The van der Waals surface area contributed by atoms with E-state index >= 15 is 0 Å². The van der Waals surface area contributed by atoms with Gasteiger partial charge in [-0.1, -0.05) is 30.3 Å². The molecule has 1 N–H and O–H groups in total. The first kappa shape index (κ1) is 25.0. The largest absolute Gasteiger partial charge is 0.357 e. The predicted molar refractivity (Wildman–Crippen MR) is 143 cm³/mol. The number of thiophene rings is 1. The van der Waals surface area contributed by atoms with Gasteiger partial charge >= 0.3 is 0 Å². The molecule has 1 fully saturated rings. The van der Waals surface area contributed by atoms with E-state index in [1.807, 2.05) is 16.2 Å². The van der Waals surface area contributed by atoms with Gasteiger partial charge in [-0.15, -0.1) is 35.3 Å². The van der Waals surface area contributed by atoms with Crippen LogP contribution in [0.1, 0.15) is 35.9 Å². The molecule has 0 aliphatic carbocycles. The zero-order valence-electron chi connectivity index (χ0n) is 19.0. The summed E-state index contributed by atoms with van der Waals surface area (Å²) in [6.45, 7) is 10.5. The number of hydrogen-bond acceptors (Lipinski definition) is 4. The lowest BCUT2D eigenvalue weighted by Crippen LogP contribution is -2.53. The number of fused-ring (bicyclic) bond motifs is 1. The van der Waals surface area contributed by atoms with E-state index in [9.17, 15) is 4.79 Å². The Hall–Kier alpha value is -1.65. The van der Waals surface area contributed by atoms with Crippen molar-refractivity contribution < 1.29 is 4.79 Å². The average Bonchev–Trinajstić information content (AvgIpc) is 3.27. The standard InChI is InChI=1S/C24H33N5OS.HI/c1-3-25-24(28-14-12-27(13-15-28)19(2)30)26-17-22(20-7-5-4-6-8-20)29-11-9-23-21(18-29)10-16-31-23;/h4-8,10,16,22H,3,9,11-15,17-18H2,1-2H3,(H,25,26);1H. The predicted octanol–water partition coefficient (Wildman–Crippen LogP) is 3.60. The first-order valence-electron chi connectivity index (χ1n) is 11.3. The molecule has 6 nitrogen and oxygen atoms in total. The van der Waals surface area contributed by atoms with Crippen molar-refractivity contribution in [3.63, 3.8) is 0 Å². The molecule has 1 amide bonds. The Kier molecular flexibility index (Phi) is 9.36. The topological polar surface area (TPSA) is 51.2 Å². The van der Waals surface area contributed by atoms with Gasteiger partial charge in [0, 0.05) is 57.6 Å². The maximum atomic E-state index is 11.7. The Labute approximate surface area is 212 Å². The van der Waals surface area contributed by atoms with E-state index < -0.39 is 0 Å². The molecule has 0 radical (unpaired) electrons. The average molecular weight is 568 g/mol. The Morgan fingerprint density at radius 1 is 1.09 bits per heavy atom. The Bertz CT molecular complexity index is 895. The second kappa shape index (κ2) is 12.0. The van der Waals surface area contributed by atoms with Crippen LogP contribution in [0.2, 0.25) is 0 Å². The lowest BCUT2D eigenvalue weighted by molar-refractivity contribution is -0.130. The van der Waals surface area contributed by atoms with Gasteiger partial charge in [0.25, 0.3) is 0 Å². The van der Waals surface area contributed by atoms with Crippen LogP contribution in [0.25, 0.3) is 0 Å². The Balaban J connectivity index is 0.00000289. The molecule has 1 atom stereocenters. The monoisotopic (exact) mass is 567 g/mol. The van der Waals surface area contributed by atoms with Crippen molar-refractivity contribution >= 4 is 47.2 Å². The van der Waals surface area contributed by atoms with E-state index in [-0.39, 0.29) is 35.9 Å². The van der Waals surface area contributed by atoms with Crippen molar-refractivity contribution in [1.29, 1.82) is 0 Å². The van der Waals surface area contributed by atoms with Gasteiger partial charge in [-0.2, -0.15) is 0 Å². The summed E-state index contributed by atoms with van der Waals surface area (Å²) >= 11 is 1.88. The minimum atomic E-state index is 0. The molecule has 0 saturated carbocycles. The van der Waals surface area contributed by atoms with Crippen LogP contribution in [0.3, 0.4) is 0 Å². The first-order valence-corrected chi connectivity index (χ1v) is 12.2. The van der Waals surface area contributed by atoms with E-state index in [0.29, 0.717) is 0 Å². The minimum absolute atomic E-state index is 0. The van der Waals surface area contributed by atoms with E-state index in [4.69, 9.17) is 4.99 Å². The SMILES string of the molecule is CCNC(=NCC(c1ccccc1)N1CCc2sccc2C1)N1CCN(C(C)=O)CC1.I. The highest BCUT2D eigenvalue weighted by atomic mass is 127. The zero-order valence-corrected chi connectivity index (χ0v) is 22.1. The maximum Gasteiger partial charge on any atom is 0.219 e. The summed E-state index contributed by atoms with van der Waals surface area (Å²) in [6.07, 6.45) is 1.12. The van der Waals surface area contributed by atoms with Crippen molar-refractivity contribution in [3.05, 3.63) is 57.8 Å². The zero-order chi connectivity index (χ0) is 21.6. The fourth-order valence-corrected chi connectivity index (χ4v) is 5.36. The van der Waals surface area contributed by atoms with Crippen LogP contribution >= 0.6 is 35.3 Å². The number of amides is 1. The second-order valence-corrected chi connectivity index (χ2v) is 9.20. The van der Waals surface area contributed by atoms with Crippen molar-refractivity contribution in [2.24, 2.45) is 4.99 Å². The van der Waals surface area contributed by atoms with Crippen molar-refractivity contribution in [1.82, 2.24) is 20.0 Å². The maximum absolute atomic E-state index is 11.7. The number of carbonyl (C=O) groups is 1. The molecule has 1 saturated heterocycles. The number of piperazine rings is 1. The number of hydrogen-bond donors (Lipinski definition) is 1. The van der Waals surface area contributed by atoms with E-state index in [1.54, 1.807) is 6.92 Å². The summed E-state index contributed by atoms with van der Waals surface area (Å²) < 4.78 is 0. The third-order valence-corrected chi connectivity index (χ3v) is 7.26. The minimum Gasteiger partial charge on any atom is -0.357 e. The summed E-state index contributed by atoms with van der Waals surface area (Å²) in [5.41, 5.74) is 2.79. The fourth-order valence-electron chi connectivity index (χ4n) is 4.48. The van der Waals surface area contributed by atoms with Crippen LogP contribution in [0.5, 0.6) is 0 Å². The van der Waals surface area contributed by atoms with Gasteiger partial charge in [-0.05, 0) is 35.9 Å². The van der Waals surface area contributed by atoms with Crippen LogP contribution < -0.4 is 5.32 Å². The molecule has 3 heterocycles. The highest BCUT2D eigenvalue weighted by molar-refractivity contribution is 14.0. The van der Waals surface area contributed by atoms with Crippen molar-refractivity contribution in [2.75, 3.05) is 45.8 Å². The normalized spacial score (nSPS) is 18.0. The smallest absolute Gasteiger partial charge is 0.219 e. The second-order valence-electron chi connectivity index (χ2n) is 8.20. The molecule has 1 unspecified atom stereocenters. The molecule has 0 bridgehead atoms. The molecule has 174 valence electrons. The number of halogens is 1. The molecule has 1 aromatic carbocycles. The Morgan fingerprint density at radius 3 is 2.50 bits per heavy atom. The van der Waals surface area contributed by atoms with Crippen LogP contribution in [0.4, 0.5) is 0 Å². The first-order chi connectivity index (χ1) is 15.2. The van der Waals surface area contributed by atoms with Gasteiger partial charge in [-0.3, -0.25) is 14.7 Å². The molecule has 0 spiro atoms. The van der Waals surface area contributed by atoms with Gasteiger partial charge in [0.15, 0.2) is 5.96 Å². The number of nitrogens with one attached hydrogen (secondary N) is 1. The third-order valence-electron chi connectivity index (χ3n) is 6.24. The molecule has 4 rings (SSSR count). The molecule has 8 heteroatoms. The van der Waals surface area contributed by atoms with Crippen molar-refractivity contribution in [2.45, 2.75) is 32.9 Å². The van der Waals surface area contributed by atoms with Crippen LogP contribution in [0.15, 0.2) is 46.8 Å². The summed E-state index contributed by atoms with van der Waals surface area (Å²) in [7, 11) is 0. The summed E-state index contributed by atoms with van der Waals surface area (Å²) in [6, 6.07) is 13.3. The number of carbonyl (C=O) groups excluding carboxylic acids is 1. The van der Waals surface area contributed by atoms with Crippen LogP contribution in [0, 0.1) is 0 Å². The molecular weight excluding hydrogens is 533 g/mol. The molecule has 2 aliphatic rings. The highest BCUT2D eigenvalue weighted by Crippen LogP contribution is 2.30. The van der Waals surface area contributed by atoms with Gasteiger partial charge < -0.3 is 15.1 Å². The Morgan fingerprint density at radius 2 is 1.81 bits per heavy atom. The van der Waals surface area contributed by atoms with E-state index in [0.717, 1.165) is 64.7 Å². The summed E-state index contributed by atoms with van der Waals surface area (Å²) in [4.78, 5) is 25.1. The molecule has 32 heavy (non-hydrogen) atoms. The molecule has 2 aromatic rings. The third kappa shape index (κ3) is 6.02. The number of guanidine groups is 1. The van der Waals surface area contributed by atoms with Crippen LogP contribution in [-0.2, 0) is 17.8 Å². The number of aliphatic imine (C=N–C) groups is 1. The van der Waals surface area contributed by atoms with Gasteiger partial charge in [0.1, 0.15) is 0 Å². The lowest BCUT2D eigenvalue weighted by atomic mass is 10.0. The van der Waals surface area contributed by atoms with Gasteiger partial charge in [0.2, 0.25) is 5.91 Å². The molecule has 2 aliphatic heterocycles. The number of benzene rings is 1. The summed E-state index contributed by atoms with van der Waals surface area (Å²) in [5.74, 6) is 1.11. The van der Waals surface area contributed by atoms with E-state index in [1.165, 1.54) is 16.0 Å². The van der Waals surface area contributed by atoms with E-state index in [2.05, 4.69) is 63.8 Å². The lowest BCUT2D eigenvalue weighted by Gasteiger charge is -2.37. The van der Waals surface area contributed by atoms with Crippen molar-refractivity contribution in [3.8, 4) is 0 Å². The number of rotatable bonds is 5. The fraction of sp³-hybridized carbons (Fsp3) is 0.500. The summed E-state index contributed by atoms with van der Waals surface area (Å²) in [5, 5.41) is 5.69. The highest BCUT2D eigenvalue weighted by Gasteiger charge is 2.26. The number of nitrogens with zero attached hydrogens (tertiary/aromatic N) is 4. The molecule has 1 aromatic heterocycles. The van der Waals surface area contributed by atoms with Gasteiger partial charge in [-0.25, -0.2) is 0 Å². The van der Waals surface area contributed by atoms with Crippen LogP contribution in [-0.4, -0.2) is 72.4 Å².